The number of hydrogen-bond donors (Lipinski definition) is 2. The first kappa shape index (κ1) is 18.5. The monoisotopic (exact) mass is 423 g/mol. The van der Waals surface area contributed by atoms with Crippen LogP contribution in [0.2, 0.25) is 5.02 Å². The van der Waals surface area contributed by atoms with E-state index in [4.69, 9.17) is 16.3 Å². The van der Waals surface area contributed by atoms with Gasteiger partial charge in [-0.1, -0.05) is 23.7 Å². The molecule has 2 N–H and O–H groups in total. The largest absolute Gasteiger partial charge is 0.379 e. The Morgan fingerprint density at radius 3 is 2.62 bits per heavy atom. The summed E-state index contributed by atoms with van der Waals surface area (Å²) in [7, 11) is 1.77. The van der Waals surface area contributed by atoms with Crippen molar-refractivity contribution in [2.45, 2.75) is 19.4 Å². The number of ether oxygens (including phenoxy) is 1. The Balaban J connectivity index is 0.00000220. The first-order valence-corrected chi connectivity index (χ1v) is 7.42. The van der Waals surface area contributed by atoms with Crippen molar-refractivity contribution in [3.63, 3.8) is 0 Å². The van der Waals surface area contributed by atoms with E-state index >= 15 is 0 Å². The van der Waals surface area contributed by atoms with Crippen molar-refractivity contribution >= 4 is 41.5 Å². The van der Waals surface area contributed by atoms with Crippen molar-refractivity contribution in [2.24, 2.45) is 10.9 Å². The normalized spacial score (nSPS) is 14.5. The molecule has 1 aromatic carbocycles. The Kier molecular flexibility index (Phi) is 9.03. The molecule has 0 amide bonds. The Morgan fingerprint density at radius 2 is 2.00 bits per heavy atom. The molecule has 0 saturated heterocycles. The second kappa shape index (κ2) is 10.2. The Labute approximate surface area is 148 Å². The minimum atomic E-state index is 0. The molecule has 0 heterocycles. The van der Waals surface area contributed by atoms with Gasteiger partial charge in [0.2, 0.25) is 0 Å². The van der Waals surface area contributed by atoms with Crippen LogP contribution in [0.25, 0.3) is 0 Å². The van der Waals surface area contributed by atoms with Gasteiger partial charge in [-0.15, -0.1) is 24.0 Å². The van der Waals surface area contributed by atoms with Crippen LogP contribution in [0.15, 0.2) is 29.3 Å². The molecule has 0 bridgehead atoms. The lowest BCUT2D eigenvalue weighted by molar-refractivity contribution is 0.129. The molecule has 0 atom stereocenters. The molecule has 0 aromatic heterocycles. The van der Waals surface area contributed by atoms with Crippen LogP contribution in [0.3, 0.4) is 0 Å². The van der Waals surface area contributed by atoms with Gasteiger partial charge in [-0.3, -0.25) is 4.99 Å². The van der Waals surface area contributed by atoms with Gasteiger partial charge in [-0.05, 0) is 36.5 Å². The predicted octanol–water partition coefficient (Wildman–Crippen LogP) is 3.05. The van der Waals surface area contributed by atoms with E-state index in [2.05, 4.69) is 15.6 Å². The molecule has 6 heteroatoms. The summed E-state index contributed by atoms with van der Waals surface area (Å²) in [5.74, 6) is 1.60. The quantitative estimate of drug-likeness (QED) is 0.307. The molecule has 0 unspecified atom stereocenters. The van der Waals surface area contributed by atoms with E-state index in [-0.39, 0.29) is 24.0 Å². The molecule has 1 aromatic rings. The third-order valence-corrected chi connectivity index (χ3v) is 3.44. The van der Waals surface area contributed by atoms with Gasteiger partial charge < -0.3 is 15.4 Å². The minimum Gasteiger partial charge on any atom is -0.379 e. The number of rotatable bonds is 7. The summed E-state index contributed by atoms with van der Waals surface area (Å²) >= 11 is 5.86. The summed E-state index contributed by atoms with van der Waals surface area (Å²) in [5.41, 5.74) is 1.17. The van der Waals surface area contributed by atoms with E-state index in [1.165, 1.54) is 18.4 Å². The molecule has 1 saturated carbocycles. The van der Waals surface area contributed by atoms with Gasteiger partial charge in [0.25, 0.3) is 0 Å². The molecule has 0 spiro atoms. The van der Waals surface area contributed by atoms with Gasteiger partial charge in [0.1, 0.15) is 0 Å². The van der Waals surface area contributed by atoms with Crippen LogP contribution in [0.1, 0.15) is 18.4 Å². The lowest BCUT2D eigenvalue weighted by Crippen LogP contribution is -2.38. The van der Waals surface area contributed by atoms with Crippen LogP contribution < -0.4 is 10.6 Å². The fraction of sp³-hybridized carbons (Fsp3) is 0.533. The van der Waals surface area contributed by atoms with Crippen LogP contribution >= 0.6 is 35.6 Å². The van der Waals surface area contributed by atoms with Gasteiger partial charge in [0.05, 0.1) is 6.61 Å². The van der Waals surface area contributed by atoms with Crippen LogP contribution in [0.4, 0.5) is 0 Å². The average Bonchev–Trinajstić information content (AvgIpc) is 3.28. The molecule has 4 nitrogen and oxygen atoms in total. The van der Waals surface area contributed by atoms with E-state index in [1.54, 1.807) is 7.05 Å². The summed E-state index contributed by atoms with van der Waals surface area (Å²) < 4.78 is 5.57. The van der Waals surface area contributed by atoms with Gasteiger partial charge in [-0.25, -0.2) is 0 Å². The third-order valence-electron chi connectivity index (χ3n) is 3.19. The van der Waals surface area contributed by atoms with Crippen LogP contribution in [-0.4, -0.2) is 32.8 Å². The predicted molar refractivity (Wildman–Crippen MR) is 98.6 cm³/mol. The van der Waals surface area contributed by atoms with Crippen LogP contribution in [-0.2, 0) is 11.3 Å². The van der Waals surface area contributed by atoms with Crippen molar-refractivity contribution < 1.29 is 4.74 Å². The summed E-state index contributed by atoms with van der Waals surface area (Å²) in [6, 6.07) is 7.78. The summed E-state index contributed by atoms with van der Waals surface area (Å²) in [5, 5.41) is 7.24. The third kappa shape index (κ3) is 7.87. The zero-order valence-corrected chi connectivity index (χ0v) is 15.4. The van der Waals surface area contributed by atoms with E-state index in [1.807, 2.05) is 24.3 Å². The molecule has 21 heavy (non-hydrogen) atoms. The highest BCUT2D eigenvalue weighted by molar-refractivity contribution is 14.0. The molecule has 1 aliphatic rings. The number of guanidine groups is 1. The summed E-state index contributed by atoms with van der Waals surface area (Å²) in [6.45, 7) is 3.11. The maximum Gasteiger partial charge on any atom is 0.191 e. The van der Waals surface area contributed by atoms with E-state index in [9.17, 15) is 0 Å². The van der Waals surface area contributed by atoms with Crippen molar-refractivity contribution in [3.05, 3.63) is 34.9 Å². The highest BCUT2D eigenvalue weighted by Gasteiger charge is 2.20. The smallest absolute Gasteiger partial charge is 0.191 e. The Hall–Kier alpha value is -0.530. The van der Waals surface area contributed by atoms with Gasteiger partial charge in [0.15, 0.2) is 5.96 Å². The lowest BCUT2D eigenvalue weighted by Gasteiger charge is -2.12. The topological polar surface area (TPSA) is 45.7 Å². The molecule has 1 aliphatic carbocycles. The van der Waals surface area contributed by atoms with Crippen molar-refractivity contribution in [1.82, 2.24) is 10.6 Å². The van der Waals surface area contributed by atoms with E-state index in [0.717, 1.165) is 43.2 Å². The van der Waals surface area contributed by atoms with Gasteiger partial charge in [-0.2, -0.15) is 0 Å². The number of nitrogens with zero attached hydrogens (tertiary/aromatic N) is 1. The van der Waals surface area contributed by atoms with E-state index in [0.29, 0.717) is 0 Å². The zero-order valence-electron chi connectivity index (χ0n) is 12.3. The highest BCUT2D eigenvalue weighted by Crippen LogP contribution is 2.28. The fourth-order valence-electron chi connectivity index (χ4n) is 1.78. The maximum atomic E-state index is 5.86. The number of hydrogen-bond acceptors (Lipinski definition) is 2. The maximum absolute atomic E-state index is 5.86. The zero-order chi connectivity index (χ0) is 14.2. The molecule has 0 aliphatic heterocycles. The first-order chi connectivity index (χ1) is 9.78. The molecule has 1 fully saturated rings. The fourth-order valence-corrected chi connectivity index (χ4v) is 1.91. The second-order valence-electron chi connectivity index (χ2n) is 5.00. The lowest BCUT2D eigenvalue weighted by atomic mass is 10.2. The minimum absolute atomic E-state index is 0. The number of aliphatic imine (C=N–C) groups is 1. The average molecular weight is 424 g/mol. The molecular weight excluding hydrogens is 401 g/mol. The van der Waals surface area contributed by atoms with E-state index < -0.39 is 0 Å². The molecule has 0 radical (unpaired) electrons. The van der Waals surface area contributed by atoms with Crippen molar-refractivity contribution in [2.75, 3.05) is 26.8 Å². The molecular formula is C15H23ClIN3O. The Bertz CT molecular complexity index is 435. The summed E-state index contributed by atoms with van der Waals surface area (Å²) in [6.07, 6.45) is 2.66. The molecule has 2 rings (SSSR count). The highest BCUT2D eigenvalue weighted by atomic mass is 127. The SMILES string of the molecule is CN=C(NCCOCC1CC1)NCc1ccc(Cl)cc1.I. The Morgan fingerprint density at radius 1 is 1.29 bits per heavy atom. The number of halogens is 2. The van der Waals surface area contributed by atoms with Crippen molar-refractivity contribution in [3.8, 4) is 0 Å². The van der Waals surface area contributed by atoms with Gasteiger partial charge >= 0.3 is 0 Å². The summed E-state index contributed by atoms with van der Waals surface area (Å²) in [4.78, 5) is 4.18. The van der Waals surface area contributed by atoms with Crippen molar-refractivity contribution in [1.29, 1.82) is 0 Å². The van der Waals surface area contributed by atoms with Crippen LogP contribution in [0, 0.1) is 5.92 Å². The number of nitrogens with one attached hydrogen (secondary N) is 2. The number of benzene rings is 1. The van der Waals surface area contributed by atoms with Crippen LogP contribution in [0.5, 0.6) is 0 Å². The van der Waals surface area contributed by atoms with Gasteiger partial charge in [0, 0.05) is 31.8 Å². The first-order valence-electron chi connectivity index (χ1n) is 7.04. The second-order valence-corrected chi connectivity index (χ2v) is 5.43. The molecule has 118 valence electrons. The standard InChI is InChI=1S/C15H22ClN3O.HI/c1-17-15(18-8-9-20-11-13-2-3-13)19-10-12-4-6-14(16)7-5-12;/h4-7,13H,2-3,8-11H2,1H3,(H2,17,18,19);1H.